The van der Waals surface area contributed by atoms with Crippen molar-refractivity contribution in [1.82, 2.24) is 0 Å². The number of carbonyl (C=O) groups is 1. The molecule has 0 saturated carbocycles. The summed E-state index contributed by atoms with van der Waals surface area (Å²) < 4.78 is 0. The van der Waals surface area contributed by atoms with Gasteiger partial charge in [-0.3, -0.25) is 4.79 Å². The lowest BCUT2D eigenvalue weighted by molar-refractivity contribution is -0.116. The molecule has 1 amide bonds. The maximum Gasteiger partial charge on any atom is 0.224 e. The molecule has 0 aromatic heterocycles. The number of unbranched alkanes of at least 4 members (excludes halogenated alkanes) is 7. The predicted octanol–water partition coefficient (Wildman–Crippen LogP) is 4.09. The maximum absolute atomic E-state index is 11.7. The summed E-state index contributed by atoms with van der Waals surface area (Å²) >= 11 is 0. The molecule has 3 heteroatoms. The van der Waals surface area contributed by atoms with Gasteiger partial charge in [0.05, 0.1) is 0 Å². The van der Waals surface area contributed by atoms with Crippen LogP contribution in [0.4, 0.5) is 5.69 Å². The Labute approximate surface area is 122 Å². The molecule has 0 heterocycles. The normalized spacial score (nSPS) is 10.4. The van der Waals surface area contributed by atoms with Gasteiger partial charge in [0.15, 0.2) is 0 Å². The van der Waals surface area contributed by atoms with Crippen LogP contribution in [0.2, 0.25) is 0 Å². The van der Waals surface area contributed by atoms with Crippen molar-refractivity contribution in [3.63, 3.8) is 0 Å². The van der Waals surface area contributed by atoms with Crippen LogP contribution >= 0.6 is 0 Å². The molecule has 0 atom stereocenters. The summed E-state index contributed by atoms with van der Waals surface area (Å²) in [4.78, 5) is 11.7. The van der Waals surface area contributed by atoms with Crippen molar-refractivity contribution in [1.29, 1.82) is 0 Å². The minimum absolute atomic E-state index is 0.124. The number of para-hydroxylation sites is 1. The van der Waals surface area contributed by atoms with Gasteiger partial charge in [0, 0.05) is 12.1 Å². The average molecular weight is 276 g/mol. The third-order valence-corrected chi connectivity index (χ3v) is 3.42. The highest BCUT2D eigenvalue weighted by molar-refractivity contribution is 5.90. The number of carbonyl (C=O) groups excluding carboxylic acids is 1. The molecule has 0 saturated heterocycles. The zero-order chi connectivity index (χ0) is 14.5. The van der Waals surface area contributed by atoms with Crippen LogP contribution in [0.25, 0.3) is 0 Å². The molecule has 0 unspecified atom stereocenters. The van der Waals surface area contributed by atoms with Crippen LogP contribution in [0.5, 0.6) is 0 Å². The molecule has 0 fully saturated rings. The van der Waals surface area contributed by atoms with E-state index in [0.29, 0.717) is 6.42 Å². The van der Waals surface area contributed by atoms with Gasteiger partial charge in [0.1, 0.15) is 0 Å². The van der Waals surface area contributed by atoms with Gasteiger partial charge in [0.2, 0.25) is 5.91 Å². The van der Waals surface area contributed by atoms with Crippen LogP contribution in [0, 0.1) is 0 Å². The lowest BCUT2D eigenvalue weighted by atomic mass is 10.1. The van der Waals surface area contributed by atoms with E-state index < -0.39 is 0 Å². The van der Waals surface area contributed by atoms with Gasteiger partial charge in [-0.25, -0.2) is 0 Å². The van der Waals surface area contributed by atoms with Crippen molar-refractivity contribution in [2.45, 2.75) is 57.8 Å². The van der Waals surface area contributed by atoms with E-state index in [9.17, 15) is 4.79 Å². The molecule has 0 aliphatic rings. The summed E-state index contributed by atoms with van der Waals surface area (Å²) in [6, 6.07) is 9.64. The Hall–Kier alpha value is -1.35. The molecule has 112 valence electrons. The highest BCUT2D eigenvalue weighted by Gasteiger charge is 2.01. The van der Waals surface area contributed by atoms with Gasteiger partial charge in [-0.2, -0.15) is 0 Å². The van der Waals surface area contributed by atoms with Crippen molar-refractivity contribution in [3.05, 3.63) is 30.3 Å². The molecule has 3 N–H and O–H groups in total. The highest BCUT2D eigenvalue weighted by atomic mass is 16.1. The third-order valence-electron chi connectivity index (χ3n) is 3.42. The fourth-order valence-electron chi connectivity index (χ4n) is 2.24. The Morgan fingerprint density at radius 1 is 0.850 bits per heavy atom. The van der Waals surface area contributed by atoms with E-state index in [1.165, 1.54) is 32.1 Å². The van der Waals surface area contributed by atoms with Gasteiger partial charge in [-0.1, -0.05) is 56.7 Å². The zero-order valence-electron chi connectivity index (χ0n) is 12.4. The summed E-state index contributed by atoms with van der Waals surface area (Å²) in [5.41, 5.74) is 6.34. The number of nitrogens with one attached hydrogen (secondary N) is 1. The van der Waals surface area contributed by atoms with Gasteiger partial charge in [0.25, 0.3) is 0 Å². The first-order valence-corrected chi connectivity index (χ1v) is 7.88. The Kier molecular flexibility index (Phi) is 9.58. The molecule has 0 spiro atoms. The molecule has 0 aliphatic heterocycles. The molecule has 0 radical (unpaired) electrons. The molecule has 20 heavy (non-hydrogen) atoms. The Bertz CT molecular complexity index is 351. The van der Waals surface area contributed by atoms with Crippen molar-refractivity contribution >= 4 is 11.6 Å². The van der Waals surface area contributed by atoms with Gasteiger partial charge < -0.3 is 11.1 Å². The number of amides is 1. The number of rotatable bonds is 11. The number of hydrogen-bond acceptors (Lipinski definition) is 2. The SMILES string of the molecule is NCCCCCCCCCCC(=O)Nc1ccccc1. The van der Waals surface area contributed by atoms with E-state index in [0.717, 1.165) is 31.5 Å². The second kappa shape index (κ2) is 11.5. The van der Waals surface area contributed by atoms with E-state index in [-0.39, 0.29) is 5.91 Å². The Morgan fingerprint density at radius 2 is 1.40 bits per heavy atom. The molecule has 3 nitrogen and oxygen atoms in total. The summed E-state index contributed by atoms with van der Waals surface area (Å²) in [6.07, 6.45) is 10.3. The van der Waals surface area contributed by atoms with Gasteiger partial charge in [-0.05, 0) is 31.5 Å². The first-order valence-electron chi connectivity index (χ1n) is 7.88. The number of benzene rings is 1. The first-order chi connectivity index (χ1) is 9.83. The summed E-state index contributed by atoms with van der Waals surface area (Å²) in [7, 11) is 0. The minimum Gasteiger partial charge on any atom is -0.330 e. The second-order valence-corrected chi connectivity index (χ2v) is 5.28. The molecule has 1 aromatic rings. The summed E-state index contributed by atoms with van der Waals surface area (Å²) in [6.45, 7) is 0.816. The topological polar surface area (TPSA) is 55.1 Å². The molecule has 1 rings (SSSR count). The smallest absolute Gasteiger partial charge is 0.224 e. The molecule has 0 bridgehead atoms. The standard InChI is InChI=1S/C17H28N2O/c18-15-11-6-4-2-1-3-5-10-14-17(20)19-16-12-8-7-9-13-16/h7-9,12-13H,1-6,10-11,14-15,18H2,(H,19,20). The van der Waals surface area contributed by atoms with Crippen molar-refractivity contribution in [2.24, 2.45) is 5.73 Å². The monoisotopic (exact) mass is 276 g/mol. The predicted molar refractivity (Wildman–Crippen MR) is 85.7 cm³/mol. The van der Waals surface area contributed by atoms with Crippen LogP contribution in [0.1, 0.15) is 57.8 Å². The van der Waals surface area contributed by atoms with E-state index in [1.54, 1.807) is 0 Å². The van der Waals surface area contributed by atoms with Crippen LogP contribution in [0.15, 0.2) is 30.3 Å². The van der Waals surface area contributed by atoms with Crippen LogP contribution in [-0.2, 0) is 4.79 Å². The average Bonchev–Trinajstić information content (AvgIpc) is 2.46. The van der Waals surface area contributed by atoms with Gasteiger partial charge in [-0.15, -0.1) is 0 Å². The van der Waals surface area contributed by atoms with E-state index in [2.05, 4.69) is 5.32 Å². The van der Waals surface area contributed by atoms with Crippen molar-refractivity contribution in [3.8, 4) is 0 Å². The Balaban J connectivity index is 1.92. The van der Waals surface area contributed by atoms with Gasteiger partial charge >= 0.3 is 0 Å². The molecular formula is C17H28N2O. The third kappa shape index (κ3) is 8.70. The van der Waals surface area contributed by atoms with E-state index in [4.69, 9.17) is 5.73 Å². The lowest BCUT2D eigenvalue weighted by Gasteiger charge is -2.05. The first kappa shape index (κ1) is 16.7. The van der Waals surface area contributed by atoms with E-state index >= 15 is 0 Å². The summed E-state index contributed by atoms with van der Waals surface area (Å²) in [5.74, 6) is 0.124. The van der Waals surface area contributed by atoms with Crippen LogP contribution < -0.4 is 11.1 Å². The zero-order valence-corrected chi connectivity index (χ0v) is 12.4. The fourth-order valence-corrected chi connectivity index (χ4v) is 2.24. The minimum atomic E-state index is 0.124. The Morgan fingerprint density at radius 3 is 2.00 bits per heavy atom. The fraction of sp³-hybridized carbons (Fsp3) is 0.588. The van der Waals surface area contributed by atoms with Crippen molar-refractivity contribution in [2.75, 3.05) is 11.9 Å². The largest absolute Gasteiger partial charge is 0.330 e. The highest BCUT2D eigenvalue weighted by Crippen LogP contribution is 2.11. The van der Waals surface area contributed by atoms with Crippen LogP contribution in [-0.4, -0.2) is 12.5 Å². The number of nitrogens with two attached hydrogens (primary N) is 1. The maximum atomic E-state index is 11.7. The quantitative estimate of drug-likeness (QED) is 0.598. The molecule has 1 aromatic carbocycles. The van der Waals surface area contributed by atoms with E-state index in [1.807, 2.05) is 30.3 Å². The second-order valence-electron chi connectivity index (χ2n) is 5.28. The molecular weight excluding hydrogens is 248 g/mol. The number of hydrogen-bond donors (Lipinski definition) is 2. The number of anilines is 1. The van der Waals surface area contributed by atoms with Crippen molar-refractivity contribution < 1.29 is 4.79 Å². The summed E-state index contributed by atoms with van der Waals surface area (Å²) in [5, 5.41) is 2.92. The van der Waals surface area contributed by atoms with Crippen LogP contribution in [0.3, 0.4) is 0 Å². The lowest BCUT2D eigenvalue weighted by Crippen LogP contribution is -2.10. The molecule has 0 aliphatic carbocycles.